The molecule has 92 valence electrons. The van der Waals surface area contributed by atoms with Crippen molar-refractivity contribution >= 4 is 27.9 Å². The number of aldehydes is 1. The van der Waals surface area contributed by atoms with Crippen LogP contribution in [-0.2, 0) is 0 Å². The molecule has 17 heavy (non-hydrogen) atoms. The molecule has 1 aromatic rings. The van der Waals surface area contributed by atoms with E-state index in [0.29, 0.717) is 0 Å². The lowest BCUT2D eigenvalue weighted by Crippen LogP contribution is -2.25. The van der Waals surface area contributed by atoms with Crippen LogP contribution in [0.25, 0.3) is 0 Å². The zero-order valence-electron chi connectivity index (χ0n) is 10.2. The van der Waals surface area contributed by atoms with E-state index in [2.05, 4.69) is 27.8 Å². The lowest BCUT2D eigenvalue weighted by molar-refractivity contribution is 0.112. The third-order valence-corrected chi connectivity index (χ3v) is 3.97. The van der Waals surface area contributed by atoms with E-state index >= 15 is 0 Å². The van der Waals surface area contributed by atoms with E-state index in [1.54, 1.807) is 0 Å². The van der Waals surface area contributed by atoms with Gasteiger partial charge in [0.25, 0.3) is 0 Å². The average Bonchev–Trinajstić information content (AvgIpc) is 2.54. The number of rotatable bonds is 2. The van der Waals surface area contributed by atoms with Gasteiger partial charge in [0.15, 0.2) is 6.29 Å². The van der Waals surface area contributed by atoms with Crippen molar-refractivity contribution in [3.8, 4) is 0 Å². The van der Waals surface area contributed by atoms with Gasteiger partial charge in [0.1, 0.15) is 0 Å². The lowest BCUT2D eigenvalue weighted by Gasteiger charge is -2.24. The van der Waals surface area contributed by atoms with E-state index in [1.165, 1.54) is 19.3 Å². The fraction of sp³-hybridized carbons (Fsp3) is 0.500. The Balaban J connectivity index is 2.23. The SMILES string of the molecule is CC1CCCN(c2ccc(Br)cc2C=O)CC1. The van der Waals surface area contributed by atoms with E-state index < -0.39 is 0 Å². The van der Waals surface area contributed by atoms with Crippen molar-refractivity contribution in [2.75, 3.05) is 18.0 Å². The predicted molar refractivity (Wildman–Crippen MR) is 74.8 cm³/mol. The predicted octanol–water partition coefficient (Wildman–Crippen LogP) is 3.89. The third kappa shape index (κ3) is 3.09. The maximum Gasteiger partial charge on any atom is 0.152 e. The molecule has 1 fully saturated rings. The Labute approximate surface area is 111 Å². The summed E-state index contributed by atoms with van der Waals surface area (Å²) in [4.78, 5) is 13.5. The largest absolute Gasteiger partial charge is 0.371 e. The standard InChI is InChI=1S/C14H18BrNO/c1-11-3-2-7-16(8-6-11)14-5-4-13(15)9-12(14)10-17/h4-5,9-11H,2-3,6-8H2,1H3. The fourth-order valence-electron chi connectivity index (χ4n) is 2.41. The first-order valence-electron chi connectivity index (χ1n) is 6.20. The van der Waals surface area contributed by atoms with Gasteiger partial charge in [-0.15, -0.1) is 0 Å². The first-order chi connectivity index (χ1) is 8.20. The van der Waals surface area contributed by atoms with Crippen LogP contribution in [0.15, 0.2) is 22.7 Å². The molecule has 0 N–H and O–H groups in total. The number of anilines is 1. The van der Waals surface area contributed by atoms with Crippen LogP contribution < -0.4 is 4.90 Å². The minimum atomic E-state index is 0.786. The molecule has 2 rings (SSSR count). The quantitative estimate of drug-likeness (QED) is 0.772. The molecule has 0 bridgehead atoms. The Bertz CT molecular complexity index is 405. The van der Waals surface area contributed by atoms with Gasteiger partial charge in [-0.25, -0.2) is 0 Å². The van der Waals surface area contributed by atoms with Crippen LogP contribution in [0.3, 0.4) is 0 Å². The van der Waals surface area contributed by atoms with Crippen molar-refractivity contribution in [3.05, 3.63) is 28.2 Å². The van der Waals surface area contributed by atoms with Crippen LogP contribution in [0.1, 0.15) is 36.5 Å². The van der Waals surface area contributed by atoms with E-state index in [0.717, 1.165) is 41.0 Å². The van der Waals surface area contributed by atoms with Crippen molar-refractivity contribution in [2.45, 2.75) is 26.2 Å². The molecule has 1 aliphatic rings. The van der Waals surface area contributed by atoms with Gasteiger partial charge >= 0.3 is 0 Å². The van der Waals surface area contributed by atoms with E-state index in [9.17, 15) is 4.79 Å². The third-order valence-electron chi connectivity index (χ3n) is 3.47. The van der Waals surface area contributed by atoms with Crippen molar-refractivity contribution in [2.24, 2.45) is 5.92 Å². The molecule has 0 aromatic heterocycles. The molecule has 1 aromatic carbocycles. The number of carbonyl (C=O) groups is 1. The van der Waals surface area contributed by atoms with Gasteiger partial charge in [0, 0.05) is 28.8 Å². The van der Waals surface area contributed by atoms with Crippen LogP contribution in [0.4, 0.5) is 5.69 Å². The average molecular weight is 296 g/mol. The van der Waals surface area contributed by atoms with Gasteiger partial charge in [-0.2, -0.15) is 0 Å². The summed E-state index contributed by atoms with van der Waals surface area (Å²) >= 11 is 3.41. The van der Waals surface area contributed by atoms with Crippen LogP contribution in [0.2, 0.25) is 0 Å². The summed E-state index contributed by atoms with van der Waals surface area (Å²) in [5.41, 5.74) is 1.87. The van der Waals surface area contributed by atoms with Crippen LogP contribution in [0.5, 0.6) is 0 Å². The summed E-state index contributed by atoms with van der Waals surface area (Å²) in [5, 5.41) is 0. The summed E-state index contributed by atoms with van der Waals surface area (Å²) in [6.45, 7) is 4.43. The second-order valence-electron chi connectivity index (χ2n) is 4.84. The van der Waals surface area contributed by atoms with Crippen LogP contribution in [0, 0.1) is 5.92 Å². The lowest BCUT2D eigenvalue weighted by atomic mass is 10.0. The molecule has 2 nitrogen and oxygen atoms in total. The Morgan fingerprint density at radius 2 is 2.18 bits per heavy atom. The zero-order chi connectivity index (χ0) is 12.3. The Morgan fingerprint density at radius 1 is 1.35 bits per heavy atom. The molecular formula is C14H18BrNO. The molecule has 0 saturated carbocycles. The maximum absolute atomic E-state index is 11.1. The Hall–Kier alpha value is -0.830. The number of hydrogen-bond acceptors (Lipinski definition) is 2. The van der Waals surface area contributed by atoms with E-state index in [4.69, 9.17) is 0 Å². The number of hydrogen-bond donors (Lipinski definition) is 0. The monoisotopic (exact) mass is 295 g/mol. The molecule has 1 heterocycles. The van der Waals surface area contributed by atoms with Gasteiger partial charge < -0.3 is 4.90 Å². The van der Waals surface area contributed by atoms with E-state index in [-0.39, 0.29) is 0 Å². The normalized spacial score (nSPS) is 21.1. The molecule has 1 aliphatic heterocycles. The highest BCUT2D eigenvalue weighted by Gasteiger charge is 2.16. The summed E-state index contributed by atoms with van der Waals surface area (Å²) in [6, 6.07) is 5.96. The molecular weight excluding hydrogens is 278 g/mol. The van der Waals surface area contributed by atoms with Gasteiger partial charge in [0.2, 0.25) is 0 Å². The second-order valence-corrected chi connectivity index (χ2v) is 5.76. The maximum atomic E-state index is 11.1. The summed E-state index contributed by atoms with van der Waals surface area (Å²) in [6.07, 6.45) is 4.68. The van der Waals surface area contributed by atoms with Crippen molar-refractivity contribution in [1.29, 1.82) is 0 Å². The summed E-state index contributed by atoms with van der Waals surface area (Å²) in [7, 11) is 0. The Kier molecular flexibility index (Phi) is 4.21. The first kappa shape index (κ1) is 12.6. The molecule has 0 radical (unpaired) electrons. The minimum Gasteiger partial charge on any atom is -0.371 e. The molecule has 1 atom stereocenters. The number of nitrogens with zero attached hydrogens (tertiary/aromatic N) is 1. The van der Waals surface area contributed by atoms with Crippen LogP contribution >= 0.6 is 15.9 Å². The fourth-order valence-corrected chi connectivity index (χ4v) is 2.79. The topological polar surface area (TPSA) is 20.3 Å². The minimum absolute atomic E-state index is 0.786. The Morgan fingerprint density at radius 3 is 2.94 bits per heavy atom. The van der Waals surface area contributed by atoms with Gasteiger partial charge in [-0.05, 0) is 43.4 Å². The molecule has 0 spiro atoms. The number of carbonyl (C=O) groups excluding carboxylic acids is 1. The van der Waals surface area contributed by atoms with E-state index in [1.807, 2.05) is 18.2 Å². The highest BCUT2D eigenvalue weighted by Crippen LogP contribution is 2.27. The highest BCUT2D eigenvalue weighted by atomic mass is 79.9. The summed E-state index contributed by atoms with van der Waals surface area (Å²) < 4.78 is 0.964. The van der Waals surface area contributed by atoms with Crippen molar-refractivity contribution in [1.82, 2.24) is 0 Å². The van der Waals surface area contributed by atoms with Gasteiger partial charge in [-0.3, -0.25) is 4.79 Å². The number of halogens is 1. The van der Waals surface area contributed by atoms with Crippen LogP contribution in [-0.4, -0.2) is 19.4 Å². The van der Waals surface area contributed by atoms with Gasteiger partial charge in [0.05, 0.1) is 0 Å². The highest BCUT2D eigenvalue weighted by molar-refractivity contribution is 9.10. The smallest absolute Gasteiger partial charge is 0.152 e. The molecule has 0 amide bonds. The van der Waals surface area contributed by atoms with Crippen molar-refractivity contribution < 1.29 is 4.79 Å². The number of benzene rings is 1. The first-order valence-corrected chi connectivity index (χ1v) is 6.99. The molecule has 0 aliphatic carbocycles. The molecule has 1 unspecified atom stereocenters. The molecule has 3 heteroatoms. The van der Waals surface area contributed by atoms with Crippen molar-refractivity contribution in [3.63, 3.8) is 0 Å². The van der Waals surface area contributed by atoms with Gasteiger partial charge in [-0.1, -0.05) is 22.9 Å². The summed E-state index contributed by atoms with van der Waals surface area (Å²) in [5.74, 6) is 0.801. The molecule has 1 saturated heterocycles. The zero-order valence-corrected chi connectivity index (χ0v) is 11.7. The second kappa shape index (κ2) is 5.67.